The summed E-state index contributed by atoms with van der Waals surface area (Å²) < 4.78 is 5.85. The SMILES string of the molecule is CCC1CCN(CC2(OC)CCNCC2)CC1. The van der Waals surface area contributed by atoms with E-state index in [4.69, 9.17) is 4.74 Å². The molecule has 1 N–H and O–H groups in total. The molecule has 0 aromatic heterocycles. The number of methoxy groups -OCH3 is 1. The van der Waals surface area contributed by atoms with Gasteiger partial charge in [-0.05, 0) is 57.8 Å². The average Bonchev–Trinajstić information content (AvgIpc) is 2.41. The molecule has 0 amide bonds. The van der Waals surface area contributed by atoms with E-state index in [1.165, 1.54) is 32.4 Å². The lowest BCUT2D eigenvalue weighted by atomic mass is 9.89. The molecule has 0 bridgehead atoms. The van der Waals surface area contributed by atoms with Crippen molar-refractivity contribution in [2.45, 2.75) is 44.6 Å². The van der Waals surface area contributed by atoms with E-state index in [0.29, 0.717) is 0 Å². The van der Waals surface area contributed by atoms with E-state index in [2.05, 4.69) is 17.1 Å². The monoisotopic (exact) mass is 240 g/mol. The summed E-state index contributed by atoms with van der Waals surface area (Å²) in [7, 11) is 1.89. The van der Waals surface area contributed by atoms with E-state index in [9.17, 15) is 0 Å². The van der Waals surface area contributed by atoms with Gasteiger partial charge in [0.05, 0.1) is 5.60 Å². The van der Waals surface area contributed by atoms with Crippen LogP contribution in [0.4, 0.5) is 0 Å². The van der Waals surface area contributed by atoms with Crippen LogP contribution in [0.15, 0.2) is 0 Å². The van der Waals surface area contributed by atoms with Crippen LogP contribution in [-0.4, -0.2) is 50.3 Å². The maximum atomic E-state index is 5.85. The van der Waals surface area contributed by atoms with Crippen LogP contribution in [0.5, 0.6) is 0 Å². The highest BCUT2D eigenvalue weighted by atomic mass is 16.5. The summed E-state index contributed by atoms with van der Waals surface area (Å²) in [5.41, 5.74) is 0.129. The van der Waals surface area contributed by atoms with Gasteiger partial charge in [0.1, 0.15) is 0 Å². The summed E-state index contributed by atoms with van der Waals surface area (Å²) in [6, 6.07) is 0. The molecule has 0 unspecified atom stereocenters. The molecule has 0 atom stereocenters. The second-order valence-electron chi connectivity index (χ2n) is 5.76. The number of piperidine rings is 2. The van der Waals surface area contributed by atoms with Crippen LogP contribution in [0.2, 0.25) is 0 Å². The lowest BCUT2D eigenvalue weighted by Crippen LogP contribution is -2.52. The van der Waals surface area contributed by atoms with Crippen molar-refractivity contribution >= 4 is 0 Å². The lowest BCUT2D eigenvalue weighted by molar-refractivity contribution is -0.0617. The van der Waals surface area contributed by atoms with Gasteiger partial charge in [-0.1, -0.05) is 13.3 Å². The molecule has 2 rings (SSSR count). The molecule has 2 fully saturated rings. The fourth-order valence-electron chi connectivity index (χ4n) is 3.27. The zero-order valence-corrected chi connectivity index (χ0v) is 11.5. The van der Waals surface area contributed by atoms with Crippen LogP contribution >= 0.6 is 0 Å². The molecule has 0 radical (unpaired) electrons. The van der Waals surface area contributed by atoms with E-state index in [0.717, 1.165) is 38.4 Å². The summed E-state index contributed by atoms with van der Waals surface area (Å²) in [4.78, 5) is 2.63. The van der Waals surface area contributed by atoms with Crippen molar-refractivity contribution in [2.75, 3.05) is 39.8 Å². The molecule has 0 spiro atoms. The number of rotatable bonds is 4. The number of hydrogen-bond donors (Lipinski definition) is 1. The molecule has 2 aliphatic rings. The van der Waals surface area contributed by atoms with Gasteiger partial charge in [-0.25, -0.2) is 0 Å². The van der Waals surface area contributed by atoms with Gasteiger partial charge in [-0.15, -0.1) is 0 Å². The normalized spacial score (nSPS) is 27.2. The summed E-state index contributed by atoms with van der Waals surface area (Å²) in [6.45, 7) is 8.23. The Labute approximate surface area is 106 Å². The third kappa shape index (κ3) is 3.43. The molecule has 2 heterocycles. The Balaban J connectivity index is 1.82. The highest BCUT2D eigenvalue weighted by molar-refractivity contribution is 4.90. The van der Waals surface area contributed by atoms with Gasteiger partial charge in [0.25, 0.3) is 0 Å². The van der Waals surface area contributed by atoms with Gasteiger partial charge in [-0.2, -0.15) is 0 Å². The Kier molecular flexibility index (Phi) is 4.83. The summed E-state index contributed by atoms with van der Waals surface area (Å²) >= 11 is 0. The number of hydrogen-bond acceptors (Lipinski definition) is 3. The van der Waals surface area contributed by atoms with Crippen LogP contribution in [-0.2, 0) is 4.74 Å². The number of likely N-dealkylation sites (tertiary alicyclic amines) is 1. The van der Waals surface area contributed by atoms with Gasteiger partial charge in [-0.3, -0.25) is 0 Å². The third-order valence-electron chi connectivity index (χ3n) is 4.74. The van der Waals surface area contributed by atoms with Crippen LogP contribution in [0.25, 0.3) is 0 Å². The minimum atomic E-state index is 0.129. The number of nitrogens with zero attached hydrogens (tertiary/aromatic N) is 1. The van der Waals surface area contributed by atoms with E-state index in [-0.39, 0.29) is 5.60 Å². The Morgan fingerprint density at radius 2 is 1.88 bits per heavy atom. The maximum absolute atomic E-state index is 5.85. The van der Waals surface area contributed by atoms with E-state index >= 15 is 0 Å². The second-order valence-corrected chi connectivity index (χ2v) is 5.76. The first kappa shape index (κ1) is 13.3. The molecular weight excluding hydrogens is 212 g/mol. The molecule has 0 aromatic carbocycles. The zero-order valence-electron chi connectivity index (χ0n) is 11.5. The van der Waals surface area contributed by atoms with E-state index in [1.807, 2.05) is 7.11 Å². The first-order valence-corrected chi connectivity index (χ1v) is 7.26. The molecule has 3 nitrogen and oxygen atoms in total. The zero-order chi connectivity index (χ0) is 12.1. The smallest absolute Gasteiger partial charge is 0.0829 e. The van der Waals surface area contributed by atoms with Gasteiger partial charge in [0, 0.05) is 13.7 Å². The molecule has 0 aromatic rings. The highest BCUT2D eigenvalue weighted by Gasteiger charge is 2.34. The van der Waals surface area contributed by atoms with Crippen molar-refractivity contribution in [1.29, 1.82) is 0 Å². The van der Waals surface area contributed by atoms with Crippen molar-refractivity contribution in [3.05, 3.63) is 0 Å². The van der Waals surface area contributed by atoms with Crippen molar-refractivity contribution in [1.82, 2.24) is 10.2 Å². The largest absolute Gasteiger partial charge is 0.377 e. The first-order chi connectivity index (χ1) is 8.28. The quantitative estimate of drug-likeness (QED) is 0.812. The molecule has 100 valence electrons. The third-order valence-corrected chi connectivity index (χ3v) is 4.74. The standard InChI is InChI=1S/C14H28N2O/c1-3-13-4-10-16(11-5-13)12-14(17-2)6-8-15-9-7-14/h13,15H,3-12H2,1-2H3. The van der Waals surface area contributed by atoms with Gasteiger partial charge >= 0.3 is 0 Å². The van der Waals surface area contributed by atoms with Gasteiger partial charge in [0.15, 0.2) is 0 Å². The summed E-state index contributed by atoms with van der Waals surface area (Å²) in [5, 5.41) is 3.43. The van der Waals surface area contributed by atoms with Crippen LogP contribution in [0.3, 0.4) is 0 Å². The average molecular weight is 240 g/mol. The Morgan fingerprint density at radius 1 is 1.24 bits per heavy atom. The Bertz CT molecular complexity index is 218. The van der Waals surface area contributed by atoms with Crippen molar-refractivity contribution in [3.63, 3.8) is 0 Å². The Hall–Kier alpha value is -0.120. The lowest BCUT2D eigenvalue weighted by Gasteiger charge is -2.42. The molecule has 2 aliphatic heterocycles. The molecular formula is C14H28N2O. The van der Waals surface area contributed by atoms with Crippen molar-refractivity contribution in [2.24, 2.45) is 5.92 Å². The highest BCUT2D eigenvalue weighted by Crippen LogP contribution is 2.27. The predicted molar refractivity (Wildman–Crippen MR) is 71.3 cm³/mol. The number of nitrogens with one attached hydrogen (secondary N) is 1. The van der Waals surface area contributed by atoms with Crippen molar-refractivity contribution in [3.8, 4) is 0 Å². The molecule has 2 saturated heterocycles. The van der Waals surface area contributed by atoms with E-state index in [1.54, 1.807) is 0 Å². The molecule has 17 heavy (non-hydrogen) atoms. The minimum absolute atomic E-state index is 0.129. The topological polar surface area (TPSA) is 24.5 Å². The minimum Gasteiger partial charge on any atom is -0.377 e. The van der Waals surface area contributed by atoms with Gasteiger partial charge in [0.2, 0.25) is 0 Å². The fraction of sp³-hybridized carbons (Fsp3) is 1.00. The van der Waals surface area contributed by atoms with Gasteiger partial charge < -0.3 is 15.0 Å². The van der Waals surface area contributed by atoms with Crippen molar-refractivity contribution < 1.29 is 4.74 Å². The summed E-state index contributed by atoms with van der Waals surface area (Å²) in [6.07, 6.45) is 6.45. The summed E-state index contributed by atoms with van der Waals surface area (Å²) in [5.74, 6) is 0.970. The van der Waals surface area contributed by atoms with E-state index < -0.39 is 0 Å². The maximum Gasteiger partial charge on any atom is 0.0829 e. The molecule has 0 aliphatic carbocycles. The van der Waals surface area contributed by atoms with Crippen LogP contribution in [0.1, 0.15) is 39.0 Å². The Morgan fingerprint density at radius 3 is 2.41 bits per heavy atom. The number of ether oxygens (including phenoxy) is 1. The second kappa shape index (κ2) is 6.17. The molecule has 0 saturated carbocycles. The fourth-order valence-corrected chi connectivity index (χ4v) is 3.27. The van der Waals surface area contributed by atoms with Crippen LogP contribution in [0, 0.1) is 5.92 Å². The molecule has 3 heteroatoms. The van der Waals surface area contributed by atoms with Crippen LogP contribution < -0.4 is 5.32 Å². The first-order valence-electron chi connectivity index (χ1n) is 7.26. The predicted octanol–water partition coefficient (Wildman–Crippen LogP) is 1.88.